The summed E-state index contributed by atoms with van der Waals surface area (Å²) < 4.78 is 0. The van der Waals surface area contributed by atoms with Gasteiger partial charge < -0.3 is 26.5 Å². The number of nitrogens with zero attached hydrogens (tertiary/aromatic N) is 4. The van der Waals surface area contributed by atoms with Gasteiger partial charge in [-0.3, -0.25) is 4.79 Å². The van der Waals surface area contributed by atoms with Gasteiger partial charge in [-0.2, -0.15) is 0 Å². The zero-order valence-corrected chi connectivity index (χ0v) is 16.5. The fraction of sp³-hybridized carbons (Fsp3) is 0.625. The zero-order chi connectivity index (χ0) is 19.8. The molecule has 1 aliphatic rings. The van der Waals surface area contributed by atoms with Crippen LogP contribution in [0.2, 0.25) is 0 Å². The maximum absolute atomic E-state index is 12.3. The molecule has 2 unspecified atom stereocenters. The zero-order valence-electron chi connectivity index (χ0n) is 15.7. The molecule has 5 N–H and O–H groups in total. The molecule has 1 aliphatic heterocycles. The standard InChI is InChI=1S/C16H26N8O2S/c1-4-19-16(25)13-9(2)15(26-24-23-18)14(22-13)10(3)21-8-11(17)7-12-20-5-6-27-12/h5-6,9-11,13,21-22H,4,7-8,17H2,1-3H3,(H,19,25)/t9?,10?,11-,13-/m0/s1. The average molecular weight is 395 g/mol. The molecule has 0 fully saturated rings. The first-order valence-corrected chi connectivity index (χ1v) is 9.72. The highest BCUT2D eigenvalue weighted by molar-refractivity contribution is 7.09. The summed E-state index contributed by atoms with van der Waals surface area (Å²) in [7, 11) is 0. The number of amides is 1. The van der Waals surface area contributed by atoms with Gasteiger partial charge in [0, 0.05) is 54.0 Å². The van der Waals surface area contributed by atoms with Crippen LogP contribution in [0.4, 0.5) is 0 Å². The quantitative estimate of drug-likeness (QED) is 0.203. The van der Waals surface area contributed by atoms with E-state index >= 15 is 0 Å². The van der Waals surface area contributed by atoms with Crippen molar-refractivity contribution in [3.63, 3.8) is 0 Å². The van der Waals surface area contributed by atoms with Crippen LogP contribution in [-0.4, -0.2) is 42.1 Å². The highest BCUT2D eigenvalue weighted by Crippen LogP contribution is 2.29. The van der Waals surface area contributed by atoms with Crippen LogP contribution in [0.15, 0.2) is 28.3 Å². The summed E-state index contributed by atoms with van der Waals surface area (Å²) >= 11 is 1.58. The Morgan fingerprint density at radius 3 is 3.04 bits per heavy atom. The predicted octanol–water partition coefficient (Wildman–Crippen LogP) is 1.19. The van der Waals surface area contributed by atoms with E-state index < -0.39 is 6.04 Å². The van der Waals surface area contributed by atoms with E-state index in [2.05, 4.69) is 31.1 Å². The van der Waals surface area contributed by atoms with E-state index in [1.165, 1.54) is 0 Å². The molecule has 11 heteroatoms. The Labute approximate surface area is 162 Å². The lowest BCUT2D eigenvalue weighted by molar-refractivity contribution is -0.123. The molecular formula is C16H26N8O2S. The number of hydrogen-bond donors (Lipinski definition) is 4. The van der Waals surface area contributed by atoms with Gasteiger partial charge in [0.1, 0.15) is 17.1 Å². The third-order valence-corrected chi connectivity index (χ3v) is 5.14. The van der Waals surface area contributed by atoms with Gasteiger partial charge in [0.05, 0.1) is 10.7 Å². The molecule has 1 aromatic rings. The van der Waals surface area contributed by atoms with E-state index in [4.69, 9.17) is 16.1 Å². The number of aromatic nitrogens is 1. The Balaban J connectivity index is 2.02. The van der Waals surface area contributed by atoms with Crippen molar-refractivity contribution in [2.45, 2.75) is 45.3 Å². The van der Waals surface area contributed by atoms with Crippen LogP contribution in [0, 0.1) is 5.92 Å². The second-order valence-electron chi connectivity index (χ2n) is 6.37. The van der Waals surface area contributed by atoms with Gasteiger partial charge in [0.25, 0.3) is 0 Å². The lowest BCUT2D eigenvalue weighted by Gasteiger charge is -2.21. The third kappa shape index (κ3) is 5.57. The average Bonchev–Trinajstić information content (AvgIpc) is 3.26. The van der Waals surface area contributed by atoms with Crippen LogP contribution >= 0.6 is 11.3 Å². The van der Waals surface area contributed by atoms with E-state index in [1.54, 1.807) is 17.5 Å². The molecule has 0 spiro atoms. The van der Waals surface area contributed by atoms with Crippen molar-refractivity contribution < 1.29 is 9.63 Å². The van der Waals surface area contributed by atoms with E-state index in [0.29, 0.717) is 31.0 Å². The number of likely N-dealkylation sites (N-methyl/N-ethyl adjacent to an activating group) is 1. The summed E-state index contributed by atoms with van der Waals surface area (Å²) in [4.78, 5) is 24.4. The van der Waals surface area contributed by atoms with Crippen molar-refractivity contribution in [2.75, 3.05) is 13.1 Å². The fourth-order valence-electron chi connectivity index (χ4n) is 2.95. The Morgan fingerprint density at radius 2 is 2.41 bits per heavy atom. The molecule has 148 valence electrons. The molecule has 0 saturated carbocycles. The van der Waals surface area contributed by atoms with Crippen LogP contribution in [0.1, 0.15) is 25.8 Å². The van der Waals surface area contributed by atoms with Crippen LogP contribution in [-0.2, 0) is 16.1 Å². The van der Waals surface area contributed by atoms with Crippen LogP contribution in [0.3, 0.4) is 0 Å². The van der Waals surface area contributed by atoms with Gasteiger partial charge in [0.15, 0.2) is 0 Å². The number of nitrogens with two attached hydrogens (primary N) is 1. The van der Waals surface area contributed by atoms with Crippen LogP contribution in [0.25, 0.3) is 10.4 Å². The number of rotatable bonds is 10. The summed E-state index contributed by atoms with van der Waals surface area (Å²) in [5.41, 5.74) is 15.4. The molecule has 4 atom stereocenters. The number of carbonyl (C=O) groups excluding carboxylic acids is 1. The third-order valence-electron chi connectivity index (χ3n) is 4.34. The van der Waals surface area contributed by atoms with E-state index in [9.17, 15) is 4.79 Å². The minimum Gasteiger partial charge on any atom is -0.396 e. The summed E-state index contributed by atoms with van der Waals surface area (Å²) in [5, 5.41) is 15.5. The van der Waals surface area contributed by atoms with Gasteiger partial charge in [-0.1, -0.05) is 6.92 Å². The number of carbonyl (C=O) groups is 1. The monoisotopic (exact) mass is 394 g/mol. The van der Waals surface area contributed by atoms with Gasteiger partial charge in [-0.05, 0) is 19.4 Å². The van der Waals surface area contributed by atoms with E-state index in [1.807, 2.05) is 26.2 Å². The van der Waals surface area contributed by atoms with Crippen molar-refractivity contribution in [3.8, 4) is 0 Å². The number of nitrogens with one attached hydrogen (secondary N) is 3. The predicted molar refractivity (Wildman–Crippen MR) is 103 cm³/mol. The SMILES string of the molecule is CCNC(=O)[C@H]1NC(C(C)NC[C@@H](N)Cc2nccs2)=C(ON=[N+]=[N-])C1C. The molecule has 2 rings (SSSR count). The molecule has 0 aliphatic carbocycles. The van der Waals surface area contributed by atoms with Crippen LogP contribution in [0.5, 0.6) is 0 Å². The molecule has 0 aromatic carbocycles. The molecular weight excluding hydrogens is 368 g/mol. The number of hydrogen-bond acceptors (Lipinski definition) is 8. The normalized spacial score (nSPS) is 21.2. The minimum atomic E-state index is -0.489. The Hall–Kier alpha value is -2.33. The van der Waals surface area contributed by atoms with Gasteiger partial charge in [0.2, 0.25) is 5.91 Å². The molecule has 1 aromatic heterocycles. The summed E-state index contributed by atoms with van der Waals surface area (Å²) in [6.07, 6.45) is 2.45. The van der Waals surface area contributed by atoms with Crippen molar-refractivity contribution in [1.82, 2.24) is 20.9 Å². The highest BCUT2D eigenvalue weighted by atomic mass is 32.1. The fourth-order valence-corrected chi connectivity index (χ4v) is 3.66. The van der Waals surface area contributed by atoms with E-state index in [-0.39, 0.29) is 23.9 Å². The molecule has 0 saturated heterocycles. The molecule has 0 bridgehead atoms. The molecule has 27 heavy (non-hydrogen) atoms. The highest BCUT2D eigenvalue weighted by Gasteiger charge is 2.39. The second-order valence-corrected chi connectivity index (χ2v) is 7.34. The van der Waals surface area contributed by atoms with Crippen molar-refractivity contribution in [2.24, 2.45) is 16.9 Å². The Kier molecular flexibility index (Phi) is 7.86. The maximum atomic E-state index is 12.3. The summed E-state index contributed by atoms with van der Waals surface area (Å²) in [6.45, 7) is 6.73. The first-order valence-electron chi connectivity index (χ1n) is 8.84. The topological polar surface area (TPSA) is 150 Å². The van der Waals surface area contributed by atoms with Crippen molar-refractivity contribution in [3.05, 3.63) is 38.5 Å². The van der Waals surface area contributed by atoms with Gasteiger partial charge >= 0.3 is 0 Å². The van der Waals surface area contributed by atoms with Gasteiger partial charge in [-0.15, -0.1) is 11.3 Å². The Morgan fingerprint density at radius 1 is 1.63 bits per heavy atom. The molecule has 1 amide bonds. The second kappa shape index (κ2) is 10.1. The number of thiazole rings is 1. The maximum Gasteiger partial charge on any atom is 0.243 e. The molecule has 0 radical (unpaired) electrons. The summed E-state index contributed by atoms with van der Waals surface area (Å²) in [6, 6.07) is -0.756. The summed E-state index contributed by atoms with van der Waals surface area (Å²) in [5.74, 6) is 0.0533. The molecule has 2 heterocycles. The van der Waals surface area contributed by atoms with Crippen molar-refractivity contribution >= 4 is 17.2 Å². The van der Waals surface area contributed by atoms with Crippen molar-refractivity contribution in [1.29, 1.82) is 0 Å². The Bertz CT molecular complexity index is 701. The first kappa shape index (κ1) is 21.0. The van der Waals surface area contributed by atoms with Gasteiger partial charge in [-0.25, -0.2) is 4.98 Å². The first-order chi connectivity index (χ1) is 13.0. The number of azide groups is 1. The van der Waals surface area contributed by atoms with Crippen LogP contribution < -0.4 is 21.7 Å². The minimum absolute atomic E-state index is 0.0984. The van der Waals surface area contributed by atoms with E-state index in [0.717, 1.165) is 5.01 Å². The largest absolute Gasteiger partial charge is 0.396 e. The molecule has 10 nitrogen and oxygen atoms in total. The lowest BCUT2D eigenvalue weighted by atomic mass is 10.0. The lowest BCUT2D eigenvalue weighted by Crippen LogP contribution is -2.47. The smallest absolute Gasteiger partial charge is 0.243 e.